The second-order valence-corrected chi connectivity index (χ2v) is 11.4. The predicted octanol–water partition coefficient (Wildman–Crippen LogP) is 10.8. The van der Waals surface area contributed by atoms with Crippen molar-refractivity contribution in [1.82, 2.24) is 0 Å². The van der Waals surface area contributed by atoms with E-state index in [1.54, 1.807) is 0 Å². The van der Waals surface area contributed by atoms with E-state index in [0.717, 1.165) is 11.5 Å². The Morgan fingerprint density at radius 3 is 2.12 bits per heavy atom. The molecule has 0 radical (unpaired) electrons. The molecule has 7 aromatic rings. The smallest absolute Gasteiger partial charge is 0.135 e. The van der Waals surface area contributed by atoms with Crippen LogP contribution in [-0.2, 0) is 5.41 Å². The Morgan fingerprint density at radius 2 is 1.22 bits per heavy atom. The van der Waals surface area contributed by atoms with E-state index in [1.807, 2.05) is 0 Å². The fraction of sp³-hybridized carbons (Fsp3) is 0.0500. The van der Waals surface area contributed by atoms with Crippen LogP contribution in [0.15, 0.2) is 140 Å². The average Bonchev–Trinajstić information content (AvgIpc) is 3.30. The maximum absolute atomic E-state index is 6.51. The van der Waals surface area contributed by atoms with Crippen molar-refractivity contribution in [2.45, 2.75) is 12.3 Å². The molecule has 9 rings (SSSR count). The molecule has 0 aromatic heterocycles. The maximum atomic E-state index is 6.51. The van der Waals surface area contributed by atoms with E-state index >= 15 is 0 Å². The van der Waals surface area contributed by atoms with Crippen molar-refractivity contribution >= 4 is 21.5 Å². The summed E-state index contributed by atoms with van der Waals surface area (Å²) < 4.78 is 6.51. The Bertz CT molecular complexity index is 2180. The minimum atomic E-state index is -0.291. The summed E-state index contributed by atoms with van der Waals surface area (Å²) in [7, 11) is 0. The topological polar surface area (TPSA) is 9.23 Å². The van der Waals surface area contributed by atoms with Crippen LogP contribution in [0, 0.1) is 0 Å². The van der Waals surface area contributed by atoms with Gasteiger partial charge in [-0.2, -0.15) is 0 Å². The number of benzene rings is 7. The van der Waals surface area contributed by atoms with Gasteiger partial charge in [0.05, 0.1) is 0 Å². The number of rotatable bonds is 2. The SMILES string of the molecule is CC1(c2ccccc2)c2cc(-c3cccc4c3-c3cccc5cccc(c35)O4)ccc2-c2ccc3ccccc3c21. The van der Waals surface area contributed by atoms with Crippen LogP contribution in [0.4, 0.5) is 0 Å². The Balaban J connectivity index is 1.33. The van der Waals surface area contributed by atoms with Gasteiger partial charge in [0.15, 0.2) is 0 Å². The molecule has 1 atom stereocenters. The average molecular weight is 523 g/mol. The third-order valence-corrected chi connectivity index (χ3v) is 9.32. The van der Waals surface area contributed by atoms with Crippen LogP contribution < -0.4 is 4.74 Å². The molecule has 1 aliphatic carbocycles. The van der Waals surface area contributed by atoms with Crippen LogP contribution in [0.3, 0.4) is 0 Å². The quantitative estimate of drug-likeness (QED) is 0.219. The van der Waals surface area contributed by atoms with Gasteiger partial charge in [-0.1, -0.05) is 121 Å². The lowest BCUT2D eigenvalue weighted by Gasteiger charge is -2.30. The molecule has 1 aliphatic heterocycles. The van der Waals surface area contributed by atoms with Crippen LogP contribution in [0.25, 0.3) is 54.9 Å². The molecule has 0 spiro atoms. The second kappa shape index (κ2) is 8.19. The molecule has 41 heavy (non-hydrogen) atoms. The number of fused-ring (bicyclic) bond motifs is 7. The first-order chi connectivity index (χ1) is 20.2. The van der Waals surface area contributed by atoms with E-state index in [4.69, 9.17) is 4.74 Å². The fourth-order valence-corrected chi connectivity index (χ4v) is 7.45. The fourth-order valence-electron chi connectivity index (χ4n) is 7.45. The lowest BCUT2D eigenvalue weighted by Crippen LogP contribution is -2.22. The Labute approximate surface area is 239 Å². The van der Waals surface area contributed by atoms with E-state index in [-0.39, 0.29) is 5.41 Å². The summed E-state index contributed by atoms with van der Waals surface area (Å²) in [6.45, 7) is 2.41. The van der Waals surface area contributed by atoms with E-state index in [0.29, 0.717) is 0 Å². The number of hydrogen-bond acceptors (Lipinski definition) is 1. The first-order valence-corrected chi connectivity index (χ1v) is 14.3. The minimum absolute atomic E-state index is 0.291. The van der Waals surface area contributed by atoms with Crippen molar-refractivity contribution in [1.29, 1.82) is 0 Å². The summed E-state index contributed by atoms with van der Waals surface area (Å²) in [4.78, 5) is 0. The standard InChI is InChI=1S/C40H26O/c1-40(28-13-3-2-4-14-28)34-24-27(21-22-31(34)32-23-20-25-10-5-6-15-30(25)39(32)40)29-16-9-19-36-38(29)33-17-7-11-26-12-8-18-35(41-36)37(26)33/h2-24H,1H3. The van der Waals surface area contributed by atoms with Crippen molar-refractivity contribution in [3.05, 3.63) is 156 Å². The van der Waals surface area contributed by atoms with Gasteiger partial charge in [-0.3, -0.25) is 0 Å². The molecule has 0 bridgehead atoms. The summed E-state index contributed by atoms with van der Waals surface area (Å²) in [5.41, 5.74) is 11.2. The van der Waals surface area contributed by atoms with Crippen molar-refractivity contribution in [2.75, 3.05) is 0 Å². The Hall–Kier alpha value is -5.14. The molecule has 0 amide bonds. The summed E-state index contributed by atoms with van der Waals surface area (Å²) in [5, 5.41) is 4.99. The molecule has 0 fully saturated rings. The van der Waals surface area contributed by atoms with Crippen LogP contribution in [0.1, 0.15) is 23.6 Å². The van der Waals surface area contributed by atoms with Gasteiger partial charge in [-0.15, -0.1) is 0 Å². The van der Waals surface area contributed by atoms with Crippen molar-refractivity contribution in [3.8, 4) is 44.9 Å². The predicted molar refractivity (Wildman–Crippen MR) is 170 cm³/mol. The van der Waals surface area contributed by atoms with Gasteiger partial charge in [0.2, 0.25) is 0 Å². The third kappa shape index (κ3) is 3.01. The zero-order valence-corrected chi connectivity index (χ0v) is 22.7. The molecular weight excluding hydrogens is 496 g/mol. The highest BCUT2D eigenvalue weighted by atomic mass is 16.5. The number of hydrogen-bond donors (Lipinski definition) is 0. The molecule has 1 nitrogen and oxygen atoms in total. The summed E-state index contributed by atoms with van der Waals surface area (Å²) >= 11 is 0. The molecule has 2 aliphatic rings. The van der Waals surface area contributed by atoms with E-state index < -0.39 is 0 Å². The molecule has 1 heteroatoms. The first-order valence-electron chi connectivity index (χ1n) is 14.3. The molecule has 0 saturated carbocycles. The lowest BCUT2D eigenvalue weighted by molar-refractivity contribution is 0.487. The van der Waals surface area contributed by atoms with Gasteiger partial charge in [0, 0.05) is 16.4 Å². The highest BCUT2D eigenvalue weighted by Gasteiger charge is 2.42. The Morgan fingerprint density at radius 1 is 0.512 bits per heavy atom. The summed E-state index contributed by atoms with van der Waals surface area (Å²) in [6.07, 6.45) is 0. The third-order valence-electron chi connectivity index (χ3n) is 9.32. The van der Waals surface area contributed by atoms with Gasteiger partial charge in [0.1, 0.15) is 11.5 Å². The summed E-state index contributed by atoms with van der Waals surface area (Å²) in [6, 6.07) is 50.8. The van der Waals surface area contributed by atoms with Crippen LogP contribution >= 0.6 is 0 Å². The molecule has 1 heterocycles. The van der Waals surface area contributed by atoms with E-state index in [1.165, 1.54) is 71.6 Å². The first kappa shape index (κ1) is 22.7. The second-order valence-electron chi connectivity index (χ2n) is 11.4. The van der Waals surface area contributed by atoms with E-state index in [9.17, 15) is 0 Å². The lowest BCUT2D eigenvalue weighted by atomic mass is 9.72. The largest absolute Gasteiger partial charge is 0.456 e. The monoisotopic (exact) mass is 522 g/mol. The van der Waals surface area contributed by atoms with Crippen LogP contribution in [0.5, 0.6) is 11.5 Å². The van der Waals surface area contributed by atoms with Gasteiger partial charge < -0.3 is 4.74 Å². The highest BCUT2D eigenvalue weighted by molar-refractivity contribution is 6.08. The van der Waals surface area contributed by atoms with Gasteiger partial charge >= 0.3 is 0 Å². The van der Waals surface area contributed by atoms with E-state index in [2.05, 4.69) is 146 Å². The molecule has 0 saturated heterocycles. The molecular formula is C40H26O. The Kier molecular flexibility index (Phi) is 4.52. The number of ether oxygens (including phenoxy) is 1. The van der Waals surface area contributed by atoms with Crippen LogP contribution in [0.2, 0.25) is 0 Å². The normalized spacial score (nSPS) is 16.2. The minimum Gasteiger partial charge on any atom is -0.456 e. The van der Waals surface area contributed by atoms with Crippen molar-refractivity contribution in [3.63, 3.8) is 0 Å². The van der Waals surface area contributed by atoms with Crippen molar-refractivity contribution < 1.29 is 4.74 Å². The van der Waals surface area contributed by atoms with Gasteiger partial charge in [-0.25, -0.2) is 0 Å². The summed E-state index contributed by atoms with van der Waals surface area (Å²) in [5.74, 6) is 1.84. The molecule has 0 N–H and O–H groups in total. The van der Waals surface area contributed by atoms with Gasteiger partial charge in [-0.05, 0) is 85.8 Å². The molecule has 192 valence electrons. The zero-order chi connectivity index (χ0) is 27.1. The van der Waals surface area contributed by atoms with Gasteiger partial charge in [0.25, 0.3) is 0 Å². The maximum Gasteiger partial charge on any atom is 0.135 e. The highest BCUT2D eigenvalue weighted by Crippen LogP contribution is 2.56. The zero-order valence-electron chi connectivity index (χ0n) is 22.7. The van der Waals surface area contributed by atoms with Crippen molar-refractivity contribution in [2.24, 2.45) is 0 Å². The molecule has 1 unspecified atom stereocenters. The molecule has 7 aromatic carbocycles. The van der Waals surface area contributed by atoms with Crippen LogP contribution in [-0.4, -0.2) is 0 Å².